The molecule has 210 valence electrons. The third-order valence-electron chi connectivity index (χ3n) is 6.70. The third kappa shape index (κ3) is 5.50. The fourth-order valence-electron chi connectivity index (χ4n) is 4.71. The van der Waals surface area contributed by atoms with Crippen LogP contribution in [0.4, 0.5) is 11.4 Å². The topological polar surface area (TPSA) is 127 Å². The molecule has 0 fully saturated rings. The van der Waals surface area contributed by atoms with Crippen LogP contribution in [0, 0.1) is 11.3 Å². The van der Waals surface area contributed by atoms with E-state index in [1.54, 1.807) is 55.3 Å². The molecule has 0 atom stereocenters. The predicted molar refractivity (Wildman–Crippen MR) is 163 cm³/mol. The Bertz CT molecular complexity index is 1810. The predicted octanol–water partition coefficient (Wildman–Crippen LogP) is 6.10. The maximum atomic E-state index is 12.4. The summed E-state index contributed by atoms with van der Waals surface area (Å²) < 4.78 is 1.62. The Morgan fingerprint density at radius 3 is 2.50 bits per heavy atom. The Hall–Kier alpha value is -5.27. The lowest BCUT2D eigenvalue weighted by molar-refractivity contribution is 0.0963. The summed E-state index contributed by atoms with van der Waals surface area (Å²) in [4.78, 5) is 19.6. The van der Waals surface area contributed by atoms with Gasteiger partial charge in [0.15, 0.2) is 5.75 Å². The van der Waals surface area contributed by atoms with Crippen molar-refractivity contribution >= 4 is 29.0 Å². The van der Waals surface area contributed by atoms with E-state index in [-0.39, 0.29) is 22.4 Å². The summed E-state index contributed by atoms with van der Waals surface area (Å²) in [7, 11) is 3.37. The van der Waals surface area contributed by atoms with E-state index in [9.17, 15) is 20.3 Å². The largest absolute Gasteiger partial charge is 0.504 e. The Morgan fingerprint density at radius 1 is 1.07 bits per heavy atom. The van der Waals surface area contributed by atoms with Gasteiger partial charge in [0.05, 0.1) is 11.6 Å². The van der Waals surface area contributed by atoms with Gasteiger partial charge < -0.3 is 20.4 Å². The van der Waals surface area contributed by atoms with Gasteiger partial charge in [0.25, 0.3) is 5.91 Å². The molecule has 3 N–H and O–H groups in total. The molecule has 5 aromatic rings. The van der Waals surface area contributed by atoms with Gasteiger partial charge in [0.2, 0.25) is 5.88 Å². The summed E-state index contributed by atoms with van der Waals surface area (Å²) in [6, 6.07) is 25.8. The number of hydrogen-bond donors (Lipinski definition) is 3. The van der Waals surface area contributed by atoms with E-state index < -0.39 is 0 Å². The zero-order valence-corrected chi connectivity index (χ0v) is 24.1. The monoisotopic (exact) mass is 576 g/mol. The molecule has 5 rings (SSSR count). The molecule has 0 aliphatic carbocycles. The van der Waals surface area contributed by atoms with E-state index in [0.29, 0.717) is 40.4 Å². The van der Waals surface area contributed by atoms with Crippen molar-refractivity contribution in [3.63, 3.8) is 0 Å². The maximum Gasteiger partial charge on any atom is 0.251 e. The van der Waals surface area contributed by atoms with Gasteiger partial charge in [-0.15, -0.1) is 0 Å². The van der Waals surface area contributed by atoms with E-state index in [2.05, 4.69) is 21.5 Å². The minimum Gasteiger partial charge on any atom is -0.504 e. The molecule has 0 bridgehead atoms. The first-order valence-electron chi connectivity index (χ1n) is 13.2. The zero-order valence-electron chi connectivity index (χ0n) is 23.2. The molecule has 1 amide bonds. The number of aromatic nitrogens is 3. The van der Waals surface area contributed by atoms with E-state index in [4.69, 9.17) is 0 Å². The molecule has 42 heavy (non-hydrogen) atoms. The van der Waals surface area contributed by atoms with Gasteiger partial charge in [-0.2, -0.15) is 10.4 Å². The molecule has 0 saturated carbocycles. The van der Waals surface area contributed by atoms with E-state index in [0.717, 1.165) is 16.0 Å². The maximum absolute atomic E-state index is 12.4. The van der Waals surface area contributed by atoms with Crippen molar-refractivity contribution < 1.29 is 15.0 Å². The fourth-order valence-corrected chi connectivity index (χ4v) is 5.54. The fraction of sp³-hybridized carbons (Fsp3) is 0.125. The normalized spacial score (nSPS) is 10.7. The van der Waals surface area contributed by atoms with Crippen molar-refractivity contribution in [3.05, 3.63) is 96.2 Å². The number of hydrogen-bond acceptors (Lipinski definition) is 8. The lowest BCUT2D eigenvalue weighted by Gasteiger charge is -2.27. The molecule has 2 heterocycles. The van der Waals surface area contributed by atoms with Gasteiger partial charge >= 0.3 is 0 Å². The van der Waals surface area contributed by atoms with Crippen LogP contribution in [0.5, 0.6) is 11.6 Å². The number of nitriles is 1. The van der Waals surface area contributed by atoms with Gasteiger partial charge in [-0.1, -0.05) is 48.2 Å². The minimum absolute atomic E-state index is 0.161. The van der Waals surface area contributed by atoms with Crippen LogP contribution in [0.1, 0.15) is 22.8 Å². The van der Waals surface area contributed by atoms with Gasteiger partial charge in [-0.25, -0.2) is 4.98 Å². The number of nitrogens with one attached hydrogen (secondary N) is 1. The number of carbonyl (C=O) groups excluding carboxylic acids is 1. The summed E-state index contributed by atoms with van der Waals surface area (Å²) in [5.41, 5.74) is 4.52. The lowest BCUT2D eigenvalue weighted by Crippen LogP contribution is -2.18. The summed E-state index contributed by atoms with van der Waals surface area (Å²) in [5, 5.41) is 39.4. The second-order valence-corrected chi connectivity index (χ2v) is 10.4. The Balaban J connectivity index is 1.58. The number of aromatic hydroxyl groups is 2. The van der Waals surface area contributed by atoms with Crippen molar-refractivity contribution in [1.82, 2.24) is 20.1 Å². The van der Waals surface area contributed by atoms with Crippen LogP contribution in [0.25, 0.3) is 22.5 Å². The SMILES string of the molecule is CCN(c1cccc(C#N)c1)c1c(-c2ccn(C)n2)nc(O)c(Sc2ccc(-c3ccccc3C(=O)NC)cc2)c1O. The van der Waals surface area contributed by atoms with E-state index in [1.807, 2.05) is 60.4 Å². The molecule has 10 heteroatoms. The van der Waals surface area contributed by atoms with Gasteiger partial charge in [0, 0.05) is 43.0 Å². The van der Waals surface area contributed by atoms with Crippen LogP contribution < -0.4 is 10.2 Å². The quantitative estimate of drug-likeness (QED) is 0.202. The second kappa shape index (κ2) is 12.1. The van der Waals surface area contributed by atoms with E-state index in [1.165, 1.54) is 11.8 Å². The molecule has 0 unspecified atom stereocenters. The first-order valence-corrected chi connectivity index (χ1v) is 14.0. The number of aryl methyl sites for hydroxylation is 1. The van der Waals surface area contributed by atoms with Crippen molar-refractivity contribution in [1.29, 1.82) is 5.26 Å². The smallest absolute Gasteiger partial charge is 0.251 e. The highest BCUT2D eigenvalue weighted by molar-refractivity contribution is 7.99. The average Bonchev–Trinajstić information content (AvgIpc) is 3.46. The van der Waals surface area contributed by atoms with Crippen molar-refractivity contribution in [2.75, 3.05) is 18.5 Å². The third-order valence-corrected chi connectivity index (χ3v) is 7.79. The number of rotatable bonds is 8. The van der Waals surface area contributed by atoms with Crippen molar-refractivity contribution in [2.45, 2.75) is 16.7 Å². The minimum atomic E-state index is -0.335. The first kappa shape index (κ1) is 28.3. The van der Waals surface area contributed by atoms with Crippen LogP contribution in [0.3, 0.4) is 0 Å². The Morgan fingerprint density at radius 2 is 1.83 bits per heavy atom. The molecule has 9 nitrogen and oxygen atoms in total. The van der Waals surface area contributed by atoms with Gasteiger partial charge in [-0.05, 0) is 60.5 Å². The first-order chi connectivity index (χ1) is 20.3. The molecule has 2 aromatic heterocycles. The molecular formula is C32H28N6O3S. The standard InChI is InChI=1S/C32H28N6O3S/c1-4-38(22-9-7-8-20(18-22)19-33)28-27(26-16-17-37(3)36-26)35-32(41)30(29(28)39)42-23-14-12-21(13-15-23)24-10-5-6-11-25(24)31(40)34-2/h5-18H,4H2,1-3H3,(H,34,40)(H2,35,39,41). The summed E-state index contributed by atoms with van der Waals surface area (Å²) >= 11 is 1.17. The molecule has 0 aliphatic heterocycles. The molecular weight excluding hydrogens is 548 g/mol. The molecule has 0 saturated heterocycles. The number of amides is 1. The number of anilines is 2. The van der Waals surface area contributed by atoms with E-state index >= 15 is 0 Å². The van der Waals surface area contributed by atoms with Gasteiger partial charge in [0.1, 0.15) is 22.0 Å². The Kier molecular flexibility index (Phi) is 8.13. The average molecular weight is 577 g/mol. The molecule has 0 aliphatic rings. The number of nitrogens with zero attached hydrogens (tertiary/aromatic N) is 5. The zero-order chi connectivity index (χ0) is 29.8. The highest BCUT2D eigenvalue weighted by Gasteiger charge is 2.27. The number of pyridine rings is 1. The number of benzene rings is 3. The van der Waals surface area contributed by atoms with Crippen LogP contribution in [0.15, 0.2) is 94.9 Å². The van der Waals surface area contributed by atoms with Crippen molar-refractivity contribution in [2.24, 2.45) is 7.05 Å². The summed E-state index contributed by atoms with van der Waals surface area (Å²) in [5.74, 6) is -0.671. The van der Waals surface area contributed by atoms with Crippen LogP contribution in [0.2, 0.25) is 0 Å². The highest BCUT2D eigenvalue weighted by Crippen LogP contribution is 2.50. The second-order valence-electron chi connectivity index (χ2n) is 9.34. The molecule has 3 aromatic carbocycles. The van der Waals surface area contributed by atoms with Crippen LogP contribution in [-0.2, 0) is 7.05 Å². The Labute approximate surface area is 247 Å². The summed E-state index contributed by atoms with van der Waals surface area (Å²) in [6.45, 7) is 2.37. The lowest BCUT2D eigenvalue weighted by atomic mass is 9.99. The van der Waals surface area contributed by atoms with Crippen LogP contribution in [-0.4, -0.2) is 44.5 Å². The molecule has 0 spiro atoms. The van der Waals surface area contributed by atoms with Crippen molar-refractivity contribution in [3.8, 4) is 40.2 Å². The van der Waals surface area contributed by atoms with Gasteiger partial charge in [-0.3, -0.25) is 9.48 Å². The summed E-state index contributed by atoms with van der Waals surface area (Å²) in [6.07, 6.45) is 1.76. The molecule has 0 radical (unpaired) electrons. The van der Waals surface area contributed by atoms with Crippen LogP contribution >= 0.6 is 11.8 Å². The number of carbonyl (C=O) groups is 1. The highest BCUT2D eigenvalue weighted by atomic mass is 32.2.